The molecule has 2 aromatic carbocycles. The first-order valence-corrected chi connectivity index (χ1v) is 9.57. The number of rotatable bonds is 5. The van der Waals surface area contributed by atoms with Gasteiger partial charge in [0.1, 0.15) is 12.0 Å². The largest absolute Gasteiger partial charge is 0.544 e. The number of aliphatic carboxylic acids is 1. The van der Waals surface area contributed by atoms with Crippen molar-refractivity contribution in [3.63, 3.8) is 0 Å². The molecule has 0 unspecified atom stereocenters. The van der Waals surface area contributed by atoms with Crippen molar-refractivity contribution in [3.05, 3.63) is 47.5 Å². The molecule has 2 aliphatic heterocycles. The van der Waals surface area contributed by atoms with E-state index in [1.807, 2.05) is 0 Å². The van der Waals surface area contributed by atoms with E-state index in [0.29, 0.717) is 28.6 Å². The molecular weight excluding hydrogens is 386 g/mol. The number of esters is 1. The molecule has 0 amide bonds. The van der Waals surface area contributed by atoms with E-state index in [0.717, 1.165) is 5.56 Å². The van der Waals surface area contributed by atoms with Crippen LogP contribution < -0.4 is 29.4 Å². The van der Waals surface area contributed by atoms with Gasteiger partial charge in [-0.1, -0.05) is 11.8 Å². The summed E-state index contributed by atoms with van der Waals surface area (Å²) in [5, 5.41) is 12.7. The number of carboxylic acid groups (broad SMARTS) is 1. The van der Waals surface area contributed by atoms with Crippen molar-refractivity contribution in [2.24, 2.45) is 0 Å². The van der Waals surface area contributed by atoms with Crippen LogP contribution in [-0.4, -0.2) is 37.6 Å². The smallest absolute Gasteiger partial charge is 0.343 e. The van der Waals surface area contributed by atoms with Crippen molar-refractivity contribution in [2.75, 3.05) is 19.7 Å². The van der Waals surface area contributed by atoms with Gasteiger partial charge in [0.15, 0.2) is 28.4 Å². The SMILES string of the molecule is COc1cc([C@H]2[NH2+][C@@H](C(=O)[O-])CS2)ccc1OC(=O)c1ccc2c(c1)OCO2. The lowest BCUT2D eigenvalue weighted by Gasteiger charge is -2.14. The Labute approximate surface area is 164 Å². The second-order valence-corrected chi connectivity index (χ2v) is 7.41. The zero-order valence-corrected chi connectivity index (χ0v) is 15.7. The first-order valence-electron chi connectivity index (χ1n) is 8.52. The molecule has 0 bridgehead atoms. The third kappa shape index (κ3) is 3.58. The summed E-state index contributed by atoms with van der Waals surface area (Å²) in [5.74, 6) is 0.577. The van der Waals surface area contributed by atoms with Crippen molar-refractivity contribution >= 4 is 23.7 Å². The van der Waals surface area contributed by atoms with E-state index >= 15 is 0 Å². The summed E-state index contributed by atoms with van der Waals surface area (Å²) in [6, 6.07) is 9.41. The molecule has 0 aromatic heterocycles. The third-order valence-corrected chi connectivity index (χ3v) is 5.83. The van der Waals surface area contributed by atoms with E-state index in [-0.39, 0.29) is 17.9 Å². The van der Waals surface area contributed by atoms with E-state index in [9.17, 15) is 14.7 Å². The first-order chi connectivity index (χ1) is 13.5. The molecule has 2 aliphatic rings. The Morgan fingerprint density at radius 2 is 1.96 bits per heavy atom. The molecule has 2 atom stereocenters. The van der Waals surface area contributed by atoms with Crippen LogP contribution in [0.2, 0.25) is 0 Å². The number of thioether (sulfide) groups is 1. The summed E-state index contributed by atoms with van der Waals surface area (Å²) >= 11 is 1.51. The number of carboxylic acids is 1. The van der Waals surface area contributed by atoms with Crippen LogP contribution in [0.5, 0.6) is 23.0 Å². The molecule has 0 spiro atoms. The summed E-state index contributed by atoms with van der Waals surface area (Å²) in [4.78, 5) is 23.5. The Morgan fingerprint density at radius 3 is 2.71 bits per heavy atom. The minimum atomic E-state index is -1.07. The van der Waals surface area contributed by atoms with Gasteiger partial charge in [-0.2, -0.15) is 0 Å². The minimum Gasteiger partial charge on any atom is -0.544 e. The fraction of sp³-hybridized carbons (Fsp3) is 0.263. The molecule has 2 aromatic rings. The van der Waals surface area contributed by atoms with Crippen LogP contribution in [0, 0.1) is 0 Å². The maximum atomic E-state index is 12.5. The average Bonchev–Trinajstić information content (AvgIpc) is 3.37. The second kappa shape index (κ2) is 7.61. The number of methoxy groups -OCH3 is 1. The highest BCUT2D eigenvalue weighted by molar-refractivity contribution is 7.99. The monoisotopic (exact) mass is 403 g/mol. The fourth-order valence-corrected chi connectivity index (χ4v) is 4.31. The van der Waals surface area contributed by atoms with Gasteiger partial charge in [-0.15, -0.1) is 0 Å². The number of fused-ring (bicyclic) bond motifs is 1. The van der Waals surface area contributed by atoms with Crippen LogP contribution in [0.15, 0.2) is 36.4 Å². The summed E-state index contributed by atoms with van der Waals surface area (Å²) in [6.45, 7) is 0.123. The highest BCUT2D eigenvalue weighted by Crippen LogP contribution is 2.36. The summed E-state index contributed by atoms with van der Waals surface area (Å²) in [6.07, 6.45) is 0. The number of hydrogen-bond acceptors (Lipinski definition) is 8. The Morgan fingerprint density at radius 1 is 1.14 bits per heavy atom. The van der Waals surface area contributed by atoms with E-state index in [2.05, 4.69) is 0 Å². The van der Waals surface area contributed by atoms with Crippen LogP contribution >= 0.6 is 11.8 Å². The Hall–Kier alpha value is -2.91. The van der Waals surface area contributed by atoms with E-state index in [4.69, 9.17) is 18.9 Å². The van der Waals surface area contributed by atoms with Crippen molar-refractivity contribution in [1.29, 1.82) is 0 Å². The minimum absolute atomic E-state index is 0.0876. The van der Waals surface area contributed by atoms with E-state index in [1.54, 1.807) is 41.7 Å². The fourth-order valence-electron chi connectivity index (χ4n) is 3.01. The molecule has 1 fully saturated rings. The zero-order valence-electron chi connectivity index (χ0n) is 14.9. The van der Waals surface area contributed by atoms with Crippen molar-refractivity contribution in [1.82, 2.24) is 0 Å². The van der Waals surface area contributed by atoms with E-state index < -0.39 is 18.0 Å². The van der Waals surface area contributed by atoms with Gasteiger partial charge in [0, 0.05) is 5.56 Å². The first kappa shape index (κ1) is 18.5. The molecule has 4 rings (SSSR count). The van der Waals surface area contributed by atoms with Gasteiger partial charge in [0.2, 0.25) is 6.79 Å². The number of quaternary nitrogens is 1. The number of hydrogen-bond donors (Lipinski definition) is 1. The van der Waals surface area contributed by atoms with Crippen LogP contribution in [0.4, 0.5) is 0 Å². The maximum absolute atomic E-state index is 12.5. The standard InChI is InChI=1S/C19H17NO7S/c1-24-15-6-10(17-20-12(8-28-17)18(21)22)2-5-14(15)27-19(23)11-3-4-13-16(7-11)26-9-25-13/h2-7,12,17,20H,8-9H2,1H3,(H,21,22)/t12-,17+/m1/s1. The number of nitrogens with two attached hydrogens (primary N) is 1. The van der Waals surface area contributed by atoms with Crippen LogP contribution in [0.25, 0.3) is 0 Å². The van der Waals surface area contributed by atoms with Crippen LogP contribution in [-0.2, 0) is 4.79 Å². The van der Waals surface area contributed by atoms with Crippen LogP contribution in [0.1, 0.15) is 21.3 Å². The topological polar surface area (TPSA) is 111 Å². The van der Waals surface area contributed by atoms with Crippen molar-refractivity contribution in [2.45, 2.75) is 11.4 Å². The highest BCUT2D eigenvalue weighted by atomic mass is 32.2. The lowest BCUT2D eigenvalue weighted by Crippen LogP contribution is -2.90. The summed E-state index contributed by atoms with van der Waals surface area (Å²) < 4.78 is 21.3. The van der Waals surface area contributed by atoms with Gasteiger partial charge in [-0.3, -0.25) is 0 Å². The van der Waals surface area contributed by atoms with Gasteiger partial charge in [0.05, 0.1) is 18.4 Å². The molecule has 0 aliphatic carbocycles. The molecule has 1 saturated heterocycles. The normalized spacial score (nSPS) is 20.0. The van der Waals surface area contributed by atoms with Crippen molar-refractivity contribution in [3.8, 4) is 23.0 Å². The molecule has 0 radical (unpaired) electrons. The molecular formula is C19H17NO7S. The molecule has 8 nitrogen and oxygen atoms in total. The Kier molecular flexibility index (Phi) is 5.01. The number of ether oxygens (including phenoxy) is 4. The van der Waals surface area contributed by atoms with E-state index in [1.165, 1.54) is 18.9 Å². The number of carbonyl (C=O) groups is 2. The van der Waals surface area contributed by atoms with Gasteiger partial charge in [-0.05, 0) is 36.4 Å². The highest BCUT2D eigenvalue weighted by Gasteiger charge is 2.31. The number of carbonyl (C=O) groups excluding carboxylic acids is 2. The molecule has 9 heteroatoms. The molecule has 28 heavy (non-hydrogen) atoms. The molecule has 2 N–H and O–H groups in total. The van der Waals surface area contributed by atoms with Gasteiger partial charge in [0.25, 0.3) is 0 Å². The second-order valence-electron chi connectivity index (χ2n) is 6.24. The molecule has 2 heterocycles. The van der Waals surface area contributed by atoms with Gasteiger partial charge >= 0.3 is 5.97 Å². The van der Waals surface area contributed by atoms with Gasteiger partial charge in [-0.25, -0.2) is 4.79 Å². The maximum Gasteiger partial charge on any atom is 0.343 e. The lowest BCUT2D eigenvalue weighted by molar-refractivity contribution is -0.690. The third-order valence-electron chi connectivity index (χ3n) is 4.49. The Bertz CT molecular complexity index is 932. The van der Waals surface area contributed by atoms with Crippen molar-refractivity contribution < 1.29 is 39.0 Å². The predicted octanol–water partition coefficient (Wildman–Crippen LogP) is 0.0704. The van der Waals surface area contributed by atoms with Crippen LogP contribution in [0.3, 0.4) is 0 Å². The quantitative estimate of drug-likeness (QED) is 0.552. The summed E-state index contributed by atoms with van der Waals surface area (Å²) in [5.41, 5.74) is 1.19. The van der Waals surface area contributed by atoms with Gasteiger partial charge < -0.3 is 34.2 Å². The molecule has 146 valence electrons. The molecule has 0 saturated carbocycles. The summed E-state index contributed by atoms with van der Waals surface area (Å²) in [7, 11) is 1.48. The lowest BCUT2D eigenvalue weighted by atomic mass is 10.1. The predicted molar refractivity (Wildman–Crippen MR) is 96.4 cm³/mol. The Balaban J connectivity index is 1.50. The average molecular weight is 403 g/mol. The zero-order chi connectivity index (χ0) is 19.7. The number of benzene rings is 2.